The molecule has 0 saturated carbocycles. The van der Waals surface area contributed by atoms with Gasteiger partial charge < -0.3 is 19.7 Å². The van der Waals surface area contributed by atoms with Gasteiger partial charge in [0, 0.05) is 39.4 Å². The first-order valence-electron chi connectivity index (χ1n) is 8.68. The van der Waals surface area contributed by atoms with Gasteiger partial charge in [0.15, 0.2) is 5.96 Å². The molecule has 0 aromatic heterocycles. The Morgan fingerprint density at radius 2 is 1.96 bits per heavy atom. The van der Waals surface area contributed by atoms with E-state index in [0.29, 0.717) is 5.92 Å². The highest BCUT2D eigenvalue weighted by Gasteiger charge is 2.14. The first-order chi connectivity index (χ1) is 11.5. The molecule has 1 rings (SSSR count). The molecular weight excluding hydrogens is 429 g/mol. The summed E-state index contributed by atoms with van der Waals surface area (Å²) in [5, 5.41) is 3.43. The average Bonchev–Trinajstić information content (AvgIpc) is 2.57. The van der Waals surface area contributed by atoms with E-state index in [-0.39, 0.29) is 30.1 Å². The fourth-order valence-electron chi connectivity index (χ4n) is 2.70. The van der Waals surface area contributed by atoms with Crippen LogP contribution in [0.2, 0.25) is 0 Å². The number of aliphatic imine (C=N–C) groups is 1. The van der Waals surface area contributed by atoms with Crippen molar-refractivity contribution in [1.29, 1.82) is 0 Å². The minimum atomic E-state index is 0. The van der Waals surface area contributed by atoms with E-state index < -0.39 is 0 Å². The summed E-state index contributed by atoms with van der Waals surface area (Å²) in [4.78, 5) is 6.48. The van der Waals surface area contributed by atoms with Crippen LogP contribution in [0.4, 0.5) is 0 Å². The minimum absolute atomic E-state index is 0. The monoisotopic (exact) mass is 463 g/mol. The Kier molecular flexibility index (Phi) is 12.7. The zero-order valence-corrected chi connectivity index (χ0v) is 18.7. The molecule has 1 aromatic carbocycles. The zero-order chi connectivity index (χ0) is 17.9. The summed E-state index contributed by atoms with van der Waals surface area (Å²) in [6, 6.07) is 8.06. The number of halogens is 1. The molecule has 0 aliphatic carbocycles. The second kappa shape index (κ2) is 13.2. The van der Waals surface area contributed by atoms with E-state index in [1.807, 2.05) is 39.2 Å². The van der Waals surface area contributed by atoms with Crippen molar-refractivity contribution < 1.29 is 9.47 Å². The molecule has 1 unspecified atom stereocenters. The third-order valence-electron chi connectivity index (χ3n) is 4.01. The van der Waals surface area contributed by atoms with Gasteiger partial charge in [-0.05, 0) is 25.3 Å². The van der Waals surface area contributed by atoms with E-state index in [2.05, 4.69) is 35.1 Å². The maximum absolute atomic E-state index is 5.80. The second-order valence-electron chi connectivity index (χ2n) is 6.17. The Morgan fingerprint density at radius 3 is 2.52 bits per heavy atom. The van der Waals surface area contributed by atoms with Crippen LogP contribution < -0.4 is 10.1 Å². The fraction of sp³-hybridized carbons (Fsp3) is 0.632. The third-order valence-corrected chi connectivity index (χ3v) is 4.01. The molecule has 5 nitrogen and oxygen atoms in total. The van der Waals surface area contributed by atoms with Gasteiger partial charge in [0.2, 0.25) is 0 Å². The van der Waals surface area contributed by atoms with Crippen LogP contribution in [0, 0.1) is 5.92 Å². The van der Waals surface area contributed by atoms with Crippen molar-refractivity contribution in [3.05, 3.63) is 29.8 Å². The quantitative estimate of drug-likeness (QED) is 0.344. The second-order valence-corrected chi connectivity index (χ2v) is 6.17. The van der Waals surface area contributed by atoms with E-state index in [9.17, 15) is 0 Å². The number of para-hydroxylation sites is 1. The number of nitrogens with one attached hydrogen (secondary N) is 1. The lowest BCUT2D eigenvalue weighted by atomic mass is 10.0. The lowest BCUT2D eigenvalue weighted by molar-refractivity contribution is 0.0257. The van der Waals surface area contributed by atoms with E-state index in [4.69, 9.17) is 9.47 Å². The van der Waals surface area contributed by atoms with Crippen LogP contribution in [0.1, 0.15) is 32.8 Å². The topological polar surface area (TPSA) is 46.1 Å². The first kappa shape index (κ1) is 24.0. The van der Waals surface area contributed by atoms with Gasteiger partial charge in [-0.15, -0.1) is 24.0 Å². The van der Waals surface area contributed by atoms with Crippen molar-refractivity contribution in [2.45, 2.75) is 39.8 Å². The summed E-state index contributed by atoms with van der Waals surface area (Å²) < 4.78 is 11.2. The van der Waals surface area contributed by atoms with E-state index in [1.54, 1.807) is 7.11 Å². The van der Waals surface area contributed by atoms with Gasteiger partial charge in [-0.2, -0.15) is 0 Å². The highest BCUT2D eigenvalue weighted by atomic mass is 127. The fourth-order valence-corrected chi connectivity index (χ4v) is 2.70. The van der Waals surface area contributed by atoms with Crippen molar-refractivity contribution in [3.63, 3.8) is 0 Å². The minimum Gasteiger partial charge on any atom is -0.496 e. The highest BCUT2D eigenvalue weighted by molar-refractivity contribution is 14.0. The standard InChI is InChI=1S/C19H33N3O2.HI/c1-7-24-17(15(2)3)12-13-21-19(20-4)22(5)14-16-10-8-9-11-18(16)23-6;/h8-11,15,17H,7,12-14H2,1-6H3,(H,20,21);1H. The molecule has 0 spiro atoms. The van der Waals surface area contributed by atoms with Crippen LogP contribution in [0.5, 0.6) is 5.75 Å². The van der Waals surface area contributed by atoms with Crippen molar-refractivity contribution >= 4 is 29.9 Å². The van der Waals surface area contributed by atoms with Crippen molar-refractivity contribution in [1.82, 2.24) is 10.2 Å². The van der Waals surface area contributed by atoms with Gasteiger partial charge in [-0.25, -0.2) is 0 Å². The Hall–Kier alpha value is -1.02. The predicted molar refractivity (Wildman–Crippen MR) is 116 cm³/mol. The summed E-state index contributed by atoms with van der Waals surface area (Å²) in [5.41, 5.74) is 1.14. The number of hydrogen-bond acceptors (Lipinski definition) is 3. The van der Waals surface area contributed by atoms with Crippen LogP contribution in [-0.2, 0) is 11.3 Å². The van der Waals surface area contributed by atoms with E-state index in [1.165, 1.54) is 0 Å². The van der Waals surface area contributed by atoms with Crippen molar-refractivity contribution in [3.8, 4) is 5.75 Å². The number of methoxy groups -OCH3 is 1. The smallest absolute Gasteiger partial charge is 0.193 e. The van der Waals surface area contributed by atoms with Crippen molar-refractivity contribution in [2.75, 3.05) is 34.4 Å². The molecule has 0 bridgehead atoms. The van der Waals surface area contributed by atoms with Gasteiger partial charge in [0.1, 0.15) is 5.75 Å². The van der Waals surface area contributed by atoms with Crippen LogP contribution in [0.15, 0.2) is 29.3 Å². The summed E-state index contributed by atoms with van der Waals surface area (Å²) in [5.74, 6) is 2.29. The van der Waals surface area contributed by atoms with Crippen LogP contribution >= 0.6 is 24.0 Å². The Labute approximate surface area is 170 Å². The van der Waals surface area contributed by atoms with Gasteiger partial charge >= 0.3 is 0 Å². The Bertz CT molecular complexity index is 509. The number of hydrogen-bond donors (Lipinski definition) is 1. The molecule has 0 radical (unpaired) electrons. The lowest BCUT2D eigenvalue weighted by Gasteiger charge is -2.25. The molecule has 0 aliphatic heterocycles. The predicted octanol–water partition coefficient (Wildman–Crippen LogP) is 3.77. The van der Waals surface area contributed by atoms with Gasteiger partial charge in [0.05, 0.1) is 13.2 Å². The number of ether oxygens (including phenoxy) is 2. The summed E-state index contributed by atoms with van der Waals surface area (Å²) in [6.45, 7) is 8.77. The molecule has 6 heteroatoms. The Balaban J connectivity index is 0.00000576. The first-order valence-corrected chi connectivity index (χ1v) is 8.68. The number of benzene rings is 1. The summed E-state index contributed by atoms with van der Waals surface area (Å²) in [7, 11) is 5.54. The largest absolute Gasteiger partial charge is 0.496 e. The molecule has 0 amide bonds. The van der Waals surface area contributed by atoms with Crippen LogP contribution in [-0.4, -0.2) is 51.3 Å². The zero-order valence-electron chi connectivity index (χ0n) is 16.4. The number of rotatable bonds is 9. The molecule has 1 N–H and O–H groups in total. The lowest BCUT2D eigenvalue weighted by Crippen LogP contribution is -2.40. The molecule has 0 fully saturated rings. The van der Waals surface area contributed by atoms with Gasteiger partial charge in [-0.3, -0.25) is 4.99 Å². The molecule has 0 aliphatic rings. The molecule has 0 saturated heterocycles. The molecule has 25 heavy (non-hydrogen) atoms. The van der Waals surface area contributed by atoms with Crippen LogP contribution in [0.3, 0.4) is 0 Å². The van der Waals surface area contributed by atoms with E-state index in [0.717, 1.165) is 43.4 Å². The molecule has 0 heterocycles. The van der Waals surface area contributed by atoms with Crippen molar-refractivity contribution in [2.24, 2.45) is 10.9 Å². The maximum Gasteiger partial charge on any atom is 0.193 e. The average molecular weight is 463 g/mol. The van der Waals surface area contributed by atoms with Gasteiger partial charge in [-0.1, -0.05) is 32.0 Å². The van der Waals surface area contributed by atoms with Crippen LogP contribution in [0.25, 0.3) is 0 Å². The highest BCUT2D eigenvalue weighted by Crippen LogP contribution is 2.18. The number of nitrogens with zero attached hydrogens (tertiary/aromatic N) is 2. The SMILES string of the molecule is CCOC(CCNC(=NC)N(C)Cc1ccccc1OC)C(C)C.I. The van der Waals surface area contributed by atoms with Gasteiger partial charge in [0.25, 0.3) is 0 Å². The molecular formula is C19H34IN3O2. The summed E-state index contributed by atoms with van der Waals surface area (Å²) >= 11 is 0. The normalized spacial score (nSPS) is 12.5. The summed E-state index contributed by atoms with van der Waals surface area (Å²) in [6.07, 6.45) is 1.24. The maximum atomic E-state index is 5.80. The number of guanidine groups is 1. The molecule has 1 atom stereocenters. The third kappa shape index (κ3) is 8.27. The molecule has 144 valence electrons. The Morgan fingerprint density at radius 1 is 1.28 bits per heavy atom. The van der Waals surface area contributed by atoms with E-state index >= 15 is 0 Å². The molecule has 1 aromatic rings.